The number of hydrogen-bond donors (Lipinski definition) is 2. The van der Waals surface area contributed by atoms with Crippen LogP contribution in [0, 0.1) is 5.92 Å². The predicted octanol–water partition coefficient (Wildman–Crippen LogP) is 4.37. The van der Waals surface area contributed by atoms with Crippen molar-refractivity contribution in [3.63, 3.8) is 0 Å². The predicted molar refractivity (Wildman–Crippen MR) is 114 cm³/mol. The van der Waals surface area contributed by atoms with Crippen LogP contribution in [0.25, 0.3) is 0 Å². The van der Waals surface area contributed by atoms with Crippen LogP contribution in [0.1, 0.15) is 55.1 Å². The number of carbonyl (C=O) groups is 2. The van der Waals surface area contributed by atoms with Crippen molar-refractivity contribution in [2.75, 3.05) is 0 Å². The van der Waals surface area contributed by atoms with Gasteiger partial charge in [0.2, 0.25) is 0 Å². The van der Waals surface area contributed by atoms with E-state index in [0.717, 1.165) is 5.56 Å². The van der Waals surface area contributed by atoms with Gasteiger partial charge in [0, 0.05) is 10.6 Å². The van der Waals surface area contributed by atoms with Gasteiger partial charge in [0.25, 0.3) is 11.8 Å². The Labute approximate surface area is 171 Å². The van der Waals surface area contributed by atoms with Crippen molar-refractivity contribution in [3.05, 3.63) is 70.2 Å². The number of hydrogen-bond acceptors (Lipinski definition) is 3. The van der Waals surface area contributed by atoms with Gasteiger partial charge in [-0.1, -0.05) is 69.6 Å². The number of halogens is 1. The molecule has 0 fully saturated rings. The molecule has 6 heteroatoms. The van der Waals surface area contributed by atoms with E-state index in [9.17, 15) is 9.59 Å². The lowest BCUT2D eigenvalue weighted by molar-refractivity contribution is -0.123. The first-order chi connectivity index (χ1) is 13.3. The van der Waals surface area contributed by atoms with E-state index in [-0.39, 0.29) is 17.7 Å². The van der Waals surface area contributed by atoms with Crippen molar-refractivity contribution in [3.8, 4) is 0 Å². The lowest BCUT2D eigenvalue weighted by Crippen LogP contribution is -2.48. The average Bonchev–Trinajstić information content (AvgIpc) is 2.65. The average molecular weight is 400 g/mol. The maximum absolute atomic E-state index is 12.5. The van der Waals surface area contributed by atoms with Gasteiger partial charge in [-0.15, -0.1) is 0 Å². The van der Waals surface area contributed by atoms with Crippen LogP contribution in [0.3, 0.4) is 0 Å². The number of nitrogens with zero attached hydrogens (tertiary/aromatic N) is 1. The third-order valence-corrected chi connectivity index (χ3v) is 4.55. The van der Waals surface area contributed by atoms with E-state index in [4.69, 9.17) is 11.6 Å². The molecule has 0 aliphatic heterocycles. The molecular weight excluding hydrogens is 374 g/mol. The second-order valence-electron chi connectivity index (χ2n) is 7.26. The van der Waals surface area contributed by atoms with Gasteiger partial charge in [0.15, 0.2) is 0 Å². The summed E-state index contributed by atoms with van der Waals surface area (Å²) in [4.78, 5) is 24.9. The van der Waals surface area contributed by atoms with Gasteiger partial charge in [-0.25, -0.2) is 5.43 Å². The van der Waals surface area contributed by atoms with Crippen molar-refractivity contribution in [2.24, 2.45) is 11.0 Å². The van der Waals surface area contributed by atoms with Crippen LogP contribution < -0.4 is 10.7 Å². The normalized spacial score (nSPS) is 12.4. The maximum Gasteiger partial charge on any atom is 0.262 e. The first-order valence-electron chi connectivity index (χ1n) is 9.27. The molecule has 0 spiro atoms. The van der Waals surface area contributed by atoms with Gasteiger partial charge >= 0.3 is 0 Å². The third kappa shape index (κ3) is 6.20. The Morgan fingerprint density at radius 1 is 1.04 bits per heavy atom. The van der Waals surface area contributed by atoms with Crippen LogP contribution >= 0.6 is 11.6 Å². The Balaban J connectivity index is 1.99. The second kappa shape index (κ2) is 10.0. The van der Waals surface area contributed by atoms with E-state index in [1.807, 2.05) is 38.1 Å². The van der Waals surface area contributed by atoms with Crippen molar-refractivity contribution >= 4 is 29.6 Å². The fourth-order valence-corrected chi connectivity index (χ4v) is 2.79. The fourth-order valence-electron chi connectivity index (χ4n) is 2.60. The summed E-state index contributed by atoms with van der Waals surface area (Å²) < 4.78 is 0. The molecule has 2 aromatic rings. The summed E-state index contributed by atoms with van der Waals surface area (Å²) in [5.41, 5.74) is 5.03. The smallest absolute Gasteiger partial charge is 0.262 e. The maximum atomic E-state index is 12.5. The van der Waals surface area contributed by atoms with Gasteiger partial charge in [0.05, 0.1) is 6.21 Å². The molecular formula is C22H26ClN3O2. The fraction of sp³-hybridized carbons (Fsp3) is 0.318. The molecule has 5 nitrogen and oxygen atoms in total. The molecule has 1 unspecified atom stereocenters. The monoisotopic (exact) mass is 399 g/mol. The first kappa shape index (κ1) is 21.6. The van der Waals surface area contributed by atoms with Crippen molar-refractivity contribution < 1.29 is 9.59 Å². The summed E-state index contributed by atoms with van der Waals surface area (Å²) in [5.74, 6) is -0.380. The Bertz CT molecular complexity index is 845. The van der Waals surface area contributed by atoms with Crippen LogP contribution in [-0.4, -0.2) is 24.1 Å². The van der Waals surface area contributed by atoms with E-state index in [0.29, 0.717) is 16.5 Å². The third-order valence-electron chi connectivity index (χ3n) is 4.31. The molecule has 2 rings (SSSR count). The molecule has 0 saturated heterocycles. The standard InChI is InChI=1S/C22H26ClN3O2/c1-14(2)17-10-8-16(9-11-17)13-24-26-22(28)20(15(3)4)25-21(27)18-6-5-7-19(23)12-18/h5-15,20H,1-4H3,(H,25,27)(H,26,28). The number of rotatable bonds is 7. The van der Waals surface area contributed by atoms with Crippen LogP contribution in [0.5, 0.6) is 0 Å². The lowest BCUT2D eigenvalue weighted by atomic mass is 10.0. The van der Waals surface area contributed by atoms with Crippen molar-refractivity contribution in [1.82, 2.24) is 10.7 Å². The summed E-state index contributed by atoms with van der Waals surface area (Å²) in [5, 5.41) is 7.23. The molecule has 0 aromatic heterocycles. The Hall–Kier alpha value is -2.66. The quantitative estimate of drug-likeness (QED) is 0.536. The molecule has 28 heavy (non-hydrogen) atoms. The molecule has 0 saturated carbocycles. The minimum Gasteiger partial charge on any atom is -0.340 e. The van der Waals surface area contributed by atoms with Crippen LogP contribution in [0.15, 0.2) is 53.6 Å². The minimum absolute atomic E-state index is 0.108. The molecule has 0 heterocycles. The van der Waals surface area contributed by atoms with E-state index in [2.05, 4.69) is 29.7 Å². The van der Waals surface area contributed by atoms with Gasteiger partial charge in [0.1, 0.15) is 6.04 Å². The van der Waals surface area contributed by atoms with Crippen LogP contribution in [-0.2, 0) is 4.79 Å². The highest BCUT2D eigenvalue weighted by Gasteiger charge is 2.24. The zero-order valence-corrected chi connectivity index (χ0v) is 17.3. The van der Waals surface area contributed by atoms with Crippen LogP contribution in [0.2, 0.25) is 5.02 Å². The number of carbonyl (C=O) groups excluding carboxylic acids is 2. The van der Waals surface area contributed by atoms with Crippen molar-refractivity contribution in [1.29, 1.82) is 0 Å². The summed E-state index contributed by atoms with van der Waals surface area (Å²) >= 11 is 5.93. The van der Waals surface area contributed by atoms with E-state index in [1.165, 1.54) is 5.56 Å². The topological polar surface area (TPSA) is 70.6 Å². The molecule has 1 atom stereocenters. The highest BCUT2D eigenvalue weighted by atomic mass is 35.5. The van der Waals surface area contributed by atoms with E-state index in [1.54, 1.807) is 30.5 Å². The highest BCUT2D eigenvalue weighted by molar-refractivity contribution is 6.31. The highest BCUT2D eigenvalue weighted by Crippen LogP contribution is 2.14. The number of benzene rings is 2. The first-order valence-corrected chi connectivity index (χ1v) is 9.65. The SMILES string of the molecule is CC(C)c1ccc(C=NNC(=O)C(NC(=O)c2cccc(Cl)c2)C(C)C)cc1. The summed E-state index contributed by atoms with van der Waals surface area (Å²) in [6, 6.07) is 13.8. The Morgan fingerprint density at radius 2 is 1.71 bits per heavy atom. The number of amides is 2. The van der Waals surface area contributed by atoms with Crippen molar-refractivity contribution in [2.45, 2.75) is 39.7 Å². The second-order valence-corrected chi connectivity index (χ2v) is 7.70. The molecule has 2 N–H and O–H groups in total. The van der Waals surface area contributed by atoms with Gasteiger partial charge in [-0.2, -0.15) is 5.10 Å². The van der Waals surface area contributed by atoms with Gasteiger partial charge < -0.3 is 5.32 Å². The Kier molecular flexibility index (Phi) is 7.76. The van der Waals surface area contributed by atoms with Gasteiger partial charge in [-0.3, -0.25) is 9.59 Å². The van der Waals surface area contributed by atoms with E-state index < -0.39 is 6.04 Å². The number of hydrazone groups is 1. The molecule has 0 bridgehead atoms. The van der Waals surface area contributed by atoms with E-state index >= 15 is 0 Å². The molecule has 148 valence electrons. The molecule has 0 aliphatic rings. The molecule has 0 aliphatic carbocycles. The summed E-state index contributed by atoms with van der Waals surface area (Å²) in [7, 11) is 0. The number of nitrogens with one attached hydrogen (secondary N) is 2. The summed E-state index contributed by atoms with van der Waals surface area (Å²) in [6.07, 6.45) is 1.58. The molecule has 0 radical (unpaired) electrons. The lowest BCUT2D eigenvalue weighted by Gasteiger charge is -2.20. The summed E-state index contributed by atoms with van der Waals surface area (Å²) in [6.45, 7) is 7.98. The van der Waals surface area contributed by atoms with Crippen LogP contribution in [0.4, 0.5) is 0 Å². The van der Waals surface area contributed by atoms with Gasteiger partial charge in [-0.05, 0) is 41.2 Å². The largest absolute Gasteiger partial charge is 0.340 e. The zero-order valence-electron chi connectivity index (χ0n) is 16.6. The molecule has 2 amide bonds. The Morgan fingerprint density at radius 3 is 2.29 bits per heavy atom. The zero-order chi connectivity index (χ0) is 20.7. The molecule has 2 aromatic carbocycles. The minimum atomic E-state index is -0.716.